The number of β-amino-alcohol motifs (C(OH)–C–C–N with tert-alkyl or cyclic N) is 1. The number of amides is 2. The molecule has 2 fully saturated rings. The number of aliphatic hydroxyl groups is 1. The van der Waals surface area contributed by atoms with Crippen molar-refractivity contribution in [2.24, 2.45) is 0 Å². The van der Waals surface area contributed by atoms with Gasteiger partial charge in [-0.15, -0.1) is 0 Å². The van der Waals surface area contributed by atoms with E-state index in [0.29, 0.717) is 6.54 Å². The molecule has 150 valence electrons. The second kappa shape index (κ2) is 10.0. The third-order valence-electron chi connectivity index (χ3n) is 5.56. The van der Waals surface area contributed by atoms with Gasteiger partial charge in [0.05, 0.1) is 11.8 Å². The predicted molar refractivity (Wildman–Crippen MR) is 106 cm³/mol. The molecule has 2 aliphatic heterocycles. The van der Waals surface area contributed by atoms with Crippen molar-refractivity contribution in [2.75, 3.05) is 52.4 Å². The number of piperidine rings is 1. The van der Waals surface area contributed by atoms with Gasteiger partial charge in [-0.3, -0.25) is 9.88 Å². The maximum absolute atomic E-state index is 12.4. The van der Waals surface area contributed by atoms with Crippen LogP contribution in [0.5, 0.6) is 0 Å². The predicted octanol–water partition coefficient (Wildman–Crippen LogP) is 1.06. The van der Waals surface area contributed by atoms with E-state index in [2.05, 4.69) is 33.1 Å². The number of aryl methyl sites for hydroxylation is 1. The van der Waals surface area contributed by atoms with E-state index in [4.69, 9.17) is 0 Å². The largest absolute Gasteiger partial charge is 0.392 e. The zero-order valence-electron chi connectivity index (χ0n) is 16.4. The number of urea groups is 1. The molecule has 27 heavy (non-hydrogen) atoms. The van der Waals surface area contributed by atoms with Crippen molar-refractivity contribution in [1.29, 1.82) is 0 Å². The van der Waals surface area contributed by atoms with Crippen LogP contribution in [-0.4, -0.2) is 89.3 Å². The minimum absolute atomic E-state index is 0.0438. The minimum atomic E-state index is -0.181. The molecule has 3 heterocycles. The summed E-state index contributed by atoms with van der Waals surface area (Å²) in [4.78, 5) is 23.4. The van der Waals surface area contributed by atoms with Gasteiger partial charge in [0, 0.05) is 52.0 Å². The van der Waals surface area contributed by atoms with Gasteiger partial charge in [-0.1, -0.05) is 6.07 Å². The third kappa shape index (κ3) is 6.16. The molecule has 1 aromatic rings. The summed E-state index contributed by atoms with van der Waals surface area (Å²) in [7, 11) is 0. The number of pyridine rings is 1. The summed E-state index contributed by atoms with van der Waals surface area (Å²) in [6.07, 6.45) is 4.57. The molecule has 2 N–H and O–H groups in total. The van der Waals surface area contributed by atoms with Crippen molar-refractivity contribution in [3.05, 3.63) is 29.6 Å². The van der Waals surface area contributed by atoms with E-state index in [1.54, 1.807) is 0 Å². The number of aromatic nitrogens is 1. The summed E-state index contributed by atoms with van der Waals surface area (Å²) in [5.74, 6) is 0. The standard InChI is InChI=1S/C20H33N5O2/c1-17-5-2-7-21-19(17)16-24-11-13-25(14-12-24)20(27)22-8-4-10-23-9-3-6-18(26)15-23/h2,5,7,18,26H,3-4,6,8-16H2,1H3,(H,22,27). The van der Waals surface area contributed by atoms with Crippen molar-refractivity contribution in [3.63, 3.8) is 0 Å². The number of nitrogens with one attached hydrogen (secondary N) is 1. The average Bonchev–Trinajstić information content (AvgIpc) is 2.67. The quantitative estimate of drug-likeness (QED) is 0.728. The molecular formula is C20H33N5O2. The number of piperazine rings is 1. The summed E-state index contributed by atoms with van der Waals surface area (Å²) in [6, 6.07) is 4.10. The Morgan fingerprint density at radius 2 is 2.07 bits per heavy atom. The SMILES string of the molecule is Cc1cccnc1CN1CCN(C(=O)NCCCN2CCCC(O)C2)CC1. The van der Waals surface area contributed by atoms with Gasteiger partial charge in [0.15, 0.2) is 0 Å². The maximum atomic E-state index is 12.4. The summed E-state index contributed by atoms with van der Waals surface area (Å²) in [5.41, 5.74) is 2.34. The second-order valence-corrected chi connectivity index (χ2v) is 7.71. The van der Waals surface area contributed by atoms with Crippen LogP contribution in [0.15, 0.2) is 18.3 Å². The van der Waals surface area contributed by atoms with Crippen LogP contribution in [0.3, 0.4) is 0 Å². The number of rotatable bonds is 6. The first-order valence-corrected chi connectivity index (χ1v) is 10.2. The average molecular weight is 376 g/mol. The van der Waals surface area contributed by atoms with E-state index in [0.717, 1.165) is 77.3 Å². The summed E-state index contributed by atoms with van der Waals surface area (Å²) >= 11 is 0. The molecular weight excluding hydrogens is 342 g/mol. The molecule has 1 aromatic heterocycles. The molecule has 1 atom stereocenters. The molecule has 0 bridgehead atoms. The number of carbonyl (C=O) groups excluding carboxylic acids is 1. The Morgan fingerprint density at radius 1 is 1.26 bits per heavy atom. The monoisotopic (exact) mass is 375 g/mol. The minimum Gasteiger partial charge on any atom is -0.392 e. The van der Waals surface area contributed by atoms with Gasteiger partial charge in [0.25, 0.3) is 0 Å². The number of hydrogen-bond donors (Lipinski definition) is 2. The summed E-state index contributed by atoms with van der Waals surface area (Å²) < 4.78 is 0. The summed E-state index contributed by atoms with van der Waals surface area (Å²) in [5, 5.41) is 12.7. The molecule has 0 radical (unpaired) electrons. The number of aliphatic hydroxyl groups excluding tert-OH is 1. The van der Waals surface area contributed by atoms with Crippen LogP contribution in [0.2, 0.25) is 0 Å². The normalized spacial score (nSPS) is 22.0. The molecule has 2 aliphatic rings. The lowest BCUT2D eigenvalue weighted by molar-refractivity contribution is 0.0701. The van der Waals surface area contributed by atoms with Gasteiger partial charge >= 0.3 is 6.03 Å². The number of likely N-dealkylation sites (tertiary alicyclic amines) is 1. The van der Waals surface area contributed by atoms with Crippen molar-refractivity contribution >= 4 is 6.03 Å². The Labute approximate surface area is 162 Å². The Balaban J connectivity index is 1.31. The third-order valence-corrected chi connectivity index (χ3v) is 5.56. The molecule has 2 amide bonds. The highest BCUT2D eigenvalue weighted by Crippen LogP contribution is 2.11. The maximum Gasteiger partial charge on any atom is 0.317 e. The molecule has 0 aliphatic carbocycles. The first-order valence-electron chi connectivity index (χ1n) is 10.2. The fraction of sp³-hybridized carbons (Fsp3) is 0.700. The van der Waals surface area contributed by atoms with Gasteiger partial charge in [0.2, 0.25) is 0 Å². The fourth-order valence-corrected chi connectivity index (χ4v) is 3.85. The molecule has 0 saturated carbocycles. The van der Waals surface area contributed by atoms with E-state index < -0.39 is 0 Å². The highest BCUT2D eigenvalue weighted by atomic mass is 16.3. The fourth-order valence-electron chi connectivity index (χ4n) is 3.85. The van der Waals surface area contributed by atoms with Crippen LogP contribution < -0.4 is 5.32 Å². The molecule has 2 saturated heterocycles. The first kappa shape index (κ1) is 20.0. The van der Waals surface area contributed by atoms with E-state index in [-0.39, 0.29) is 12.1 Å². The van der Waals surface area contributed by atoms with E-state index in [9.17, 15) is 9.90 Å². The van der Waals surface area contributed by atoms with Crippen LogP contribution in [0.4, 0.5) is 4.79 Å². The van der Waals surface area contributed by atoms with Crippen LogP contribution in [-0.2, 0) is 6.54 Å². The Morgan fingerprint density at radius 3 is 2.81 bits per heavy atom. The highest BCUT2D eigenvalue weighted by molar-refractivity contribution is 5.74. The second-order valence-electron chi connectivity index (χ2n) is 7.71. The lowest BCUT2D eigenvalue weighted by atomic mass is 10.1. The van der Waals surface area contributed by atoms with Crippen molar-refractivity contribution in [1.82, 2.24) is 25.0 Å². The lowest BCUT2D eigenvalue weighted by Gasteiger charge is -2.34. The topological polar surface area (TPSA) is 71.9 Å². The summed E-state index contributed by atoms with van der Waals surface area (Å²) in [6.45, 7) is 9.69. The van der Waals surface area contributed by atoms with Gasteiger partial charge in [-0.2, -0.15) is 0 Å². The van der Waals surface area contributed by atoms with E-state index in [1.807, 2.05) is 17.2 Å². The Hall–Kier alpha value is -1.70. The van der Waals surface area contributed by atoms with E-state index >= 15 is 0 Å². The molecule has 0 spiro atoms. The number of carbonyl (C=O) groups is 1. The molecule has 0 aromatic carbocycles. The molecule has 7 nitrogen and oxygen atoms in total. The van der Waals surface area contributed by atoms with E-state index in [1.165, 1.54) is 5.56 Å². The van der Waals surface area contributed by atoms with Crippen LogP contribution in [0.1, 0.15) is 30.5 Å². The highest BCUT2D eigenvalue weighted by Gasteiger charge is 2.22. The lowest BCUT2D eigenvalue weighted by Crippen LogP contribution is -2.51. The molecule has 7 heteroatoms. The number of hydrogen-bond acceptors (Lipinski definition) is 5. The smallest absolute Gasteiger partial charge is 0.317 e. The Bertz CT molecular complexity index is 604. The van der Waals surface area contributed by atoms with Gasteiger partial charge in [-0.25, -0.2) is 4.79 Å². The van der Waals surface area contributed by atoms with Crippen molar-refractivity contribution in [3.8, 4) is 0 Å². The van der Waals surface area contributed by atoms with Crippen LogP contribution in [0, 0.1) is 6.92 Å². The van der Waals surface area contributed by atoms with Crippen LogP contribution >= 0.6 is 0 Å². The Kier molecular flexibility index (Phi) is 7.43. The van der Waals surface area contributed by atoms with Gasteiger partial charge in [0.1, 0.15) is 0 Å². The zero-order chi connectivity index (χ0) is 19.1. The zero-order valence-corrected chi connectivity index (χ0v) is 16.4. The number of nitrogens with zero attached hydrogens (tertiary/aromatic N) is 4. The molecule has 1 unspecified atom stereocenters. The van der Waals surface area contributed by atoms with Gasteiger partial charge in [-0.05, 0) is 50.9 Å². The van der Waals surface area contributed by atoms with Gasteiger partial charge < -0.3 is 20.2 Å². The van der Waals surface area contributed by atoms with Crippen LogP contribution in [0.25, 0.3) is 0 Å². The van der Waals surface area contributed by atoms with Crippen molar-refractivity contribution < 1.29 is 9.90 Å². The first-order chi connectivity index (χ1) is 13.1. The molecule has 3 rings (SSSR count). The van der Waals surface area contributed by atoms with Crippen molar-refractivity contribution in [2.45, 2.75) is 38.8 Å².